The Morgan fingerprint density at radius 2 is 1.62 bits per heavy atom. The van der Waals surface area contributed by atoms with Crippen LogP contribution in [0, 0.1) is 0 Å². The van der Waals surface area contributed by atoms with Crippen LogP contribution in [0.1, 0.15) is 16.1 Å². The van der Waals surface area contributed by atoms with Gasteiger partial charge in [-0.05, 0) is 17.7 Å². The average molecular weight is 444 g/mol. The van der Waals surface area contributed by atoms with Gasteiger partial charge >= 0.3 is 6.18 Å². The van der Waals surface area contributed by atoms with E-state index < -0.39 is 23.6 Å². The molecular formula is C23H19F3N2O4. The fourth-order valence-electron chi connectivity index (χ4n) is 3.47. The zero-order chi connectivity index (χ0) is 22.7. The molecule has 0 saturated carbocycles. The van der Waals surface area contributed by atoms with Crippen molar-refractivity contribution in [2.24, 2.45) is 0 Å². The molecule has 166 valence electrons. The maximum absolute atomic E-state index is 13.6. The van der Waals surface area contributed by atoms with Crippen LogP contribution in [0.4, 0.5) is 18.9 Å². The maximum Gasteiger partial charge on any atom is 0.417 e. The molecule has 4 rings (SSSR count). The Kier molecular flexibility index (Phi) is 6.00. The molecule has 0 atom stereocenters. The molecule has 2 amide bonds. The van der Waals surface area contributed by atoms with E-state index in [0.29, 0.717) is 43.3 Å². The second-order valence-electron chi connectivity index (χ2n) is 7.12. The number of alkyl halides is 3. The number of para-hydroxylation sites is 1. The minimum Gasteiger partial charge on any atom is -0.449 e. The SMILES string of the molecule is O=C(/C=C(\c1ccccc1)C(F)(F)F)Nc1c(C(=O)N2CCOCC2)oc2ccccc12. The molecule has 1 aromatic heterocycles. The van der Waals surface area contributed by atoms with Crippen LogP contribution in [0.3, 0.4) is 0 Å². The fourth-order valence-corrected chi connectivity index (χ4v) is 3.47. The molecule has 0 unspecified atom stereocenters. The number of hydrogen-bond acceptors (Lipinski definition) is 4. The van der Waals surface area contributed by atoms with Crippen LogP contribution in [-0.2, 0) is 9.53 Å². The number of ether oxygens (including phenoxy) is 1. The van der Waals surface area contributed by atoms with Crippen molar-refractivity contribution in [2.45, 2.75) is 6.18 Å². The second kappa shape index (κ2) is 8.88. The lowest BCUT2D eigenvalue weighted by Gasteiger charge is -2.26. The summed E-state index contributed by atoms with van der Waals surface area (Å²) in [6.45, 7) is 1.41. The van der Waals surface area contributed by atoms with Crippen molar-refractivity contribution in [1.82, 2.24) is 4.90 Å². The molecule has 1 aliphatic heterocycles. The van der Waals surface area contributed by atoms with Gasteiger partial charge in [-0.2, -0.15) is 13.2 Å². The number of morpholine rings is 1. The number of carbonyl (C=O) groups excluding carboxylic acids is 2. The summed E-state index contributed by atoms with van der Waals surface area (Å²) in [5.41, 5.74) is -0.864. The lowest BCUT2D eigenvalue weighted by Crippen LogP contribution is -2.40. The van der Waals surface area contributed by atoms with Crippen molar-refractivity contribution >= 4 is 34.0 Å². The minimum atomic E-state index is -4.75. The van der Waals surface area contributed by atoms with E-state index >= 15 is 0 Å². The molecule has 32 heavy (non-hydrogen) atoms. The second-order valence-corrected chi connectivity index (χ2v) is 7.12. The number of rotatable bonds is 4. The third kappa shape index (κ3) is 4.52. The molecule has 9 heteroatoms. The predicted molar refractivity (Wildman–Crippen MR) is 112 cm³/mol. The number of fused-ring (bicyclic) bond motifs is 1. The van der Waals surface area contributed by atoms with Crippen molar-refractivity contribution in [1.29, 1.82) is 0 Å². The number of hydrogen-bond donors (Lipinski definition) is 1. The number of allylic oxidation sites excluding steroid dienone is 1. The number of nitrogens with zero attached hydrogens (tertiary/aromatic N) is 1. The lowest BCUT2D eigenvalue weighted by molar-refractivity contribution is -0.112. The van der Waals surface area contributed by atoms with E-state index in [0.717, 1.165) is 0 Å². The van der Waals surface area contributed by atoms with Crippen LogP contribution in [-0.4, -0.2) is 49.2 Å². The lowest BCUT2D eigenvalue weighted by atomic mass is 10.0. The van der Waals surface area contributed by atoms with Crippen LogP contribution in [0.25, 0.3) is 16.5 Å². The standard InChI is InChI=1S/C23H19F3N2O4/c24-23(25,26)17(15-6-2-1-3-7-15)14-19(29)27-20-16-8-4-5-9-18(16)32-21(20)22(30)28-10-12-31-13-11-28/h1-9,14H,10-13H2,(H,27,29)/b17-14+. The van der Waals surface area contributed by atoms with Crippen molar-refractivity contribution in [3.8, 4) is 0 Å². The molecule has 0 aliphatic carbocycles. The molecule has 1 fully saturated rings. The van der Waals surface area contributed by atoms with E-state index in [-0.39, 0.29) is 17.0 Å². The van der Waals surface area contributed by atoms with Gasteiger partial charge in [-0.25, -0.2) is 0 Å². The monoisotopic (exact) mass is 444 g/mol. The zero-order valence-electron chi connectivity index (χ0n) is 16.8. The van der Waals surface area contributed by atoms with Gasteiger partial charge in [0.2, 0.25) is 11.7 Å². The smallest absolute Gasteiger partial charge is 0.417 e. The number of nitrogens with one attached hydrogen (secondary N) is 1. The molecule has 2 aromatic carbocycles. The highest BCUT2D eigenvalue weighted by Gasteiger charge is 2.35. The third-order valence-electron chi connectivity index (χ3n) is 5.00. The van der Waals surface area contributed by atoms with Crippen LogP contribution in [0.5, 0.6) is 0 Å². The summed E-state index contributed by atoms with van der Waals surface area (Å²) in [6.07, 6.45) is -4.26. The summed E-state index contributed by atoms with van der Waals surface area (Å²) in [5, 5.41) is 2.85. The van der Waals surface area contributed by atoms with Gasteiger partial charge in [-0.1, -0.05) is 42.5 Å². The molecule has 0 bridgehead atoms. The van der Waals surface area contributed by atoms with Crippen LogP contribution >= 0.6 is 0 Å². The zero-order valence-corrected chi connectivity index (χ0v) is 16.8. The van der Waals surface area contributed by atoms with Gasteiger partial charge in [0.05, 0.1) is 18.8 Å². The molecule has 1 aliphatic rings. The summed E-state index contributed by atoms with van der Waals surface area (Å²) < 4.78 is 51.8. The molecule has 6 nitrogen and oxygen atoms in total. The molecular weight excluding hydrogens is 425 g/mol. The van der Waals surface area contributed by atoms with E-state index in [1.807, 2.05) is 0 Å². The Labute approximate surface area is 181 Å². The van der Waals surface area contributed by atoms with Gasteiger partial charge in [0.1, 0.15) is 11.3 Å². The van der Waals surface area contributed by atoms with Gasteiger partial charge < -0.3 is 19.4 Å². The van der Waals surface area contributed by atoms with E-state index in [1.54, 1.807) is 30.3 Å². The van der Waals surface area contributed by atoms with Gasteiger partial charge in [0, 0.05) is 24.6 Å². The van der Waals surface area contributed by atoms with Crippen molar-refractivity contribution < 1.29 is 31.9 Å². The number of carbonyl (C=O) groups is 2. The summed E-state index contributed by atoms with van der Waals surface area (Å²) in [6, 6.07) is 13.6. The first-order valence-corrected chi connectivity index (χ1v) is 9.88. The van der Waals surface area contributed by atoms with Crippen LogP contribution in [0.15, 0.2) is 65.1 Å². The number of halogens is 3. The van der Waals surface area contributed by atoms with Gasteiger partial charge in [-0.15, -0.1) is 0 Å². The van der Waals surface area contributed by atoms with Crippen molar-refractivity contribution in [2.75, 3.05) is 31.6 Å². The Balaban J connectivity index is 1.71. The van der Waals surface area contributed by atoms with Gasteiger partial charge in [-0.3, -0.25) is 9.59 Å². The molecule has 1 N–H and O–H groups in total. The topological polar surface area (TPSA) is 71.8 Å². The average Bonchev–Trinajstić information content (AvgIpc) is 3.15. The van der Waals surface area contributed by atoms with E-state index in [2.05, 4.69) is 5.32 Å². The number of amides is 2. The highest BCUT2D eigenvalue weighted by Crippen LogP contribution is 2.35. The minimum absolute atomic E-state index is 0.0351. The van der Waals surface area contributed by atoms with Gasteiger partial charge in [0.25, 0.3) is 5.91 Å². The molecule has 3 aromatic rings. The highest BCUT2D eigenvalue weighted by molar-refractivity contribution is 6.14. The van der Waals surface area contributed by atoms with E-state index in [4.69, 9.17) is 9.15 Å². The quantitative estimate of drug-likeness (QED) is 0.602. The summed E-state index contributed by atoms with van der Waals surface area (Å²) >= 11 is 0. The Morgan fingerprint density at radius 3 is 2.31 bits per heavy atom. The molecule has 0 radical (unpaired) electrons. The van der Waals surface area contributed by atoms with Gasteiger partial charge in [0.15, 0.2) is 0 Å². The van der Waals surface area contributed by atoms with E-state index in [9.17, 15) is 22.8 Å². The number of furan rings is 1. The largest absolute Gasteiger partial charge is 0.449 e. The van der Waals surface area contributed by atoms with Crippen LogP contribution in [0.2, 0.25) is 0 Å². The number of anilines is 1. The predicted octanol–water partition coefficient (Wildman–Crippen LogP) is 4.49. The first-order valence-electron chi connectivity index (χ1n) is 9.88. The molecule has 2 heterocycles. The normalized spacial score (nSPS) is 15.1. The first kappa shape index (κ1) is 21.6. The molecule has 0 spiro atoms. The molecule has 1 saturated heterocycles. The summed E-state index contributed by atoms with van der Waals surface area (Å²) in [4.78, 5) is 27.2. The van der Waals surface area contributed by atoms with E-state index in [1.165, 1.54) is 29.2 Å². The van der Waals surface area contributed by atoms with Crippen molar-refractivity contribution in [3.63, 3.8) is 0 Å². The van der Waals surface area contributed by atoms with Crippen LogP contribution < -0.4 is 5.32 Å². The Bertz CT molecular complexity index is 1160. The Hall–Kier alpha value is -3.59. The number of benzene rings is 2. The first-order chi connectivity index (χ1) is 15.3. The highest BCUT2D eigenvalue weighted by atomic mass is 19.4. The fraction of sp³-hybridized carbons (Fsp3) is 0.217. The Morgan fingerprint density at radius 1 is 0.969 bits per heavy atom. The van der Waals surface area contributed by atoms with Crippen molar-refractivity contribution in [3.05, 3.63) is 72.0 Å². The summed E-state index contributed by atoms with van der Waals surface area (Å²) in [7, 11) is 0. The third-order valence-corrected chi connectivity index (χ3v) is 5.00. The summed E-state index contributed by atoms with van der Waals surface area (Å²) in [5.74, 6) is -1.63. The maximum atomic E-state index is 13.6.